The average molecular weight is 347 g/mol. The molecule has 2 unspecified atom stereocenters. The normalized spacial score (nSPS) is 44.9. The summed E-state index contributed by atoms with van der Waals surface area (Å²) in [6, 6.07) is -3.61. The zero-order valence-corrected chi connectivity index (χ0v) is 15.2. The monoisotopic (exact) mass is 347 g/mol. The third-order valence-corrected chi connectivity index (χ3v) is 4.11. The predicted molar refractivity (Wildman–Crippen MR) is 95.5 cm³/mol. The van der Waals surface area contributed by atoms with Gasteiger partial charge in [0.05, 0.1) is 12.6 Å². The first-order valence-corrected chi connectivity index (χ1v) is 7.77. The van der Waals surface area contributed by atoms with Gasteiger partial charge in [0.25, 0.3) is 0 Å². The highest BCUT2D eigenvalue weighted by molar-refractivity contribution is 6.54. The van der Waals surface area contributed by atoms with Crippen LogP contribution in [0.5, 0.6) is 0 Å². The van der Waals surface area contributed by atoms with Crippen molar-refractivity contribution in [3.63, 3.8) is 0 Å². The van der Waals surface area contributed by atoms with E-state index >= 15 is 0 Å². The van der Waals surface area contributed by atoms with Crippen molar-refractivity contribution in [2.24, 2.45) is 5.89 Å². The van der Waals surface area contributed by atoms with Crippen LogP contribution >= 0.6 is 0 Å². The lowest BCUT2D eigenvalue weighted by molar-refractivity contribution is 0.00578. The minimum Gasteiger partial charge on any atom is -0.443 e. The average Bonchev–Trinajstić information content (AvgIpc) is 2.76. The quantitative estimate of drug-likeness (QED) is 0.668. The first-order chi connectivity index (χ1) is 14.7. The third-order valence-electron chi connectivity index (χ3n) is 4.11. The van der Waals surface area contributed by atoms with Crippen molar-refractivity contribution >= 4 is 13.2 Å². The van der Waals surface area contributed by atoms with E-state index in [1.807, 2.05) is 0 Å². The zero-order chi connectivity index (χ0) is 27.1. The molecule has 0 aliphatic carbocycles. The Balaban J connectivity index is 2.93. The van der Waals surface area contributed by atoms with Crippen molar-refractivity contribution in [3.8, 4) is 0 Å². The van der Waals surface area contributed by atoms with Crippen molar-refractivity contribution in [3.05, 3.63) is 11.7 Å². The van der Waals surface area contributed by atoms with Crippen LogP contribution in [0.2, 0.25) is 0 Å². The van der Waals surface area contributed by atoms with Gasteiger partial charge < -0.3 is 14.0 Å². The van der Waals surface area contributed by atoms with Crippen molar-refractivity contribution in [2.75, 3.05) is 0 Å². The van der Waals surface area contributed by atoms with Crippen LogP contribution < -0.4 is 0 Å². The van der Waals surface area contributed by atoms with E-state index in [0.29, 0.717) is 6.20 Å². The second kappa shape index (κ2) is 6.06. The molecule has 0 saturated carbocycles. The summed E-state index contributed by atoms with van der Waals surface area (Å²) in [5.74, 6) is -3.71. The molecular weight excluding hydrogens is 305 g/mol. The standard InChI is InChI=1S/C18H32BNO4/c1-12-10-14(19-23-17(6,7)18(8,9)24-19)11-20(13(12)2)15(21)22-16(3,4)5/h11-13H,10H2,1-9H3/i1D3,2D3,10D2,12D,13D. The molecule has 2 atom stereocenters. The Kier molecular flexibility index (Phi) is 2.43. The molecule has 0 N–H and O–H groups in total. The number of carbonyl (C=O) groups is 1. The molecule has 0 aromatic heterocycles. The smallest absolute Gasteiger partial charge is 0.443 e. The molecule has 5 nitrogen and oxygen atoms in total. The van der Waals surface area contributed by atoms with E-state index in [9.17, 15) is 4.79 Å². The maximum Gasteiger partial charge on any atom is 0.492 e. The Bertz CT molecular complexity index is 863. The minimum atomic E-state index is -3.71. The fourth-order valence-corrected chi connectivity index (χ4v) is 2.10. The lowest BCUT2D eigenvalue weighted by Crippen LogP contribution is -2.45. The Morgan fingerprint density at radius 3 is 2.42 bits per heavy atom. The molecule has 2 aliphatic rings. The van der Waals surface area contributed by atoms with Crippen molar-refractivity contribution < 1.29 is 32.5 Å². The van der Waals surface area contributed by atoms with Crippen LogP contribution in [0.3, 0.4) is 0 Å². The molecule has 0 radical (unpaired) electrons. The van der Waals surface area contributed by atoms with E-state index in [-0.39, 0.29) is 4.90 Å². The molecule has 2 rings (SSSR count). The maximum atomic E-state index is 13.1. The molecule has 0 spiro atoms. The third kappa shape index (κ3) is 3.80. The van der Waals surface area contributed by atoms with Gasteiger partial charge in [0, 0.05) is 24.6 Å². The molecule has 136 valence electrons. The van der Waals surface area contributed by atoms with Crippen molar-refractivity contribution in [1.29, 1.82) is 0 Å². The Labute approximate surface area is 160 Å². The summed E-state index contributed by atoms with van der Waals surface area (Å²) in [5.41, 5.74) is -3.80. The van der Waals surface area contributed by atoms with Crippen molar-refractivity contribution in [2.45, 2.75) is 91.4 Å². The summed E-state index contributed by atoms with van der Waals surface area (Å²) < 4.78 is 99.8. The molecule has 2 aliphatic heterocycles. The maximum absolute atomic E-state index is 13.1. The number of hydrogen-bond donors (Lipinski definition) is 0. The molecule has 0 bridgehead atoms. The zero-order valence-electron chi connectivity index (χ0n) is 25.2. The van der Waals surface area contributed by atoms with Crippen LogP contribution in [0.15, 0.2) is 11.7 Å². The number of carbonyl (C=O) groups excluding carboxylic acids is 1. The molecule has 1 fully saturated rings. The van der Waals surface area contributed by atoms with Gasteiger partial charge >= 0.3 is 13.2 Å². The van der Waals surface area contributed by atoms with Gasteiger partial charge in [-0.2, -0.15) is 0 Å². The molecule has 0 aromatic carbocycles. The first kappa shape index (κ1) is 9.63. The van der Waals surface area contributed by atoms with E-state index in [1.165, 1.54) is 20.8 Å². The summed E-state index contributed by atoms with van der Waals surface area (Å²) in [6.07, 6.45) is -4.05. The molecule has 1 amide bonds. The van der Waals surface area contributed by atoms with Gasteiger partial charge in [-0.3, -0.25) is 4.90 Å². The highest BCUT2D eigenvalue weighted by atomic mass is 16.7. The fourth-order valence-electron chi connectivity index (χ4n) is 2.10. The van der Waals surface area contributed by atoms with Gasteiger partial charge in [0.2, 0.25) is 0 Å². The van der Waals surface area contributed by atoms with E-state index in [2.05, 4.69) is 0 Å². The molecule has 0 aromatic rings. The molecule has 1 saturated heterocycles. The second-order valence-corrected chi connectivity index (χ2v) is 7.87. The predicted octanol–water partition coefficient (Wildman–Crippen LogP) is 4.17. The van der Waals surface area contributed by atoms with E-state index in [4.69, 9.17) is 27.8 Å². The van der Waals surface area contributed by atoms with Crippen LogP contribution in [0.4, 0.5) is 4.79 Å². The summed E-state index contributed by atoms with van der Waals surface area (Å²) >= 11 is 0. The van der Waals surface area contributed by atoms with Crippen LogP contribution in [-0.2, 0) is 14.0 Å². The lowest BCUT2D eigenvalue weighted by Gasteiger charge is -2.37. The van der Waals surface area contributed by atoms with Crippen LogP contribution in [-0.4, -0.2) is 40.9 Å². The van der Waals surface area contributed by atoms with Gasteiger partial charge in [-0.05, 0) is 73.1 Å². The number of allylic oxidation sites excluding steroid dienone is 1. The first-order valence-electron chi connectivity index (χ1n) is 12.8. The van der Waals surface area contributed by atoms with E-state index < -0.39 is 67.5 Å². The Morgan fingerprint density at radius 2 is 1.96 bits per heavy atom. The Hall–Kier alpha value is -1.01. The molecule has 24 heavy (non-hydrogen) atoms. The van der Waals surface area contributed by atoms with Gasteiger partial charge in [-0.1, -0.05) is 6.85 Å². The van der Waals surface area contributed by atoms with Crippen LogP contribution in [0.1, 0.15) is 82.3 Å². The molecule has 2 heterocycles. The Morgan fingerprint density at radius 1 is 1.38 bits per heavy atom. The van der Waals surface area contributed by atoms with E-state index in [0.717, 1.165) is 0 Å². The number of nitrogens with zero attached hydrogens (tertiary/aromatic N) is 1. The van der Waals surface area contributed by atoms with Crippen molar-refractivity contribution in [1.82, 2.24) is 4.90 Å². The highest BCUT2D eigenvalue weighted by Gasteiger charge is 2.53. The number of hydrogen-bond acceptors (Lipinski definition) is 4. The van der Waals surface area contributed by atoms with E-state index in [1.54, 1.807) is 27.7 Å². The lowest BCUT2D eigenvalue weighted by atomic mass is 9.71. The highest BCUT2D eigenvalue weighted by Crippen LogP contribution is 2.41. The number of amides is 1. The van der Waals surface area contributed by atoms with Gasteiger partial charge in [-0.25, -0.2) is 4.79 Å². The van der Waals surface area contributed by atoms with Crippen LogP contribution in [0, 0.1) is 5.89 Å². The number of ether oxygens (including phenoxy) is 1. The van der Waals surface area contributed by atoms with Crippen LogP contribution in [0.25, 0.3) is 0 Å². The molecular formula is C18H32BNO4. The van der Waals surface area contributed by atoms with Gasteiger partial charge in [0.1, 0.15) is 5.60 Å². The number of rotatable bonds is 1. The minimum absolute atomic E-state index is 0.173. The topological polar surface area (TPSA) is 48.0 Å². The SMILES string of the molecule is [2H]C([2H])([2H])C1([2H])N(C(=O)OC(C)(C)C)C=C(B2OC(C)(C)C(C)(C)O2)C([2H])([2H])C1([2H])C([2H])([2H])[2H]. The van der Waals surface area contributed by atoms with Gasteiger partial charge in [-0.15, -0.1) is 0 Å². The van der Waals surface area contributed by atoms with Gasteiger partial charge in [0.15, 0.2) is 0 Å². The summed E-state index contributed by atoms with van der Waals surface area (Å²) in [6.45, 7) is 3.75. The largest absolute Gasteiger partial charge is 0.492 e. The summed E-state index contributed by atoms with van der Waals surface area (Å²) in [4.78, 5) is 13.3. The summed E-state index contributed by atoms with van der Waals surface area (Å²) in [5, 5.41) is 0. The fraction of sp³-hybridized carbons (Fsp3) is 0.833. The molecule has 6 heteroatoms. The second-order valence-electron chi connectivity index (χ2n) is 7.87. The summed E-state index contributed by atoms with van der Waals surface area (Å²) in [7, 11) is -1.57.